The fourth-order valence-electron chi connectivity index (χ4n) is 3.57. The Morgan fingerprint density at radius 1 is 1.30 bits per heavy atom. The molecular weight excluding hydrogens is 314 g/mol. The number of ether oxygens (including phenoxy) is 1. The van der Waals surface area contributed by atoms with E-state index in [1.165, 1.54) is 0 Å². The molecule has 2 saturated heterocycles. The number of carbonyl (C=O) groups excluding carboxylic acids is 1. The van der Waals surface area contributed by atoms with Gasteiger partial charge in [-0.1, -0.05) is 13.8 Å². The number of carbonyl (C=O) groups is 1. The van der Waals surface area contributed by atoms with Crippen molar-refractivity contribution in [1.82, 2.24) is 15.1 Å². The van der Waals surface area contributed by atoms with Crippen molar-refractivity contribution in [3.63, 3.8) is 0 Å². The average molecular weight is 348 g/mol. The van der Waals surface area contributed by atoms with Crippen LogP contribution in [0.1, 0.15) is 40.0 Å². The van der Waals surface area contributed by atoms with Gasteiger partial charge in [-0.15, -0.1) is 12.4 Å². The van der Waals surface area contributed by atoms with E-state index in [4.69, 9.17) is 4.74 Å². The minimum atomic E-state index is 0. The van der Waals surface area contributed by atoms with Crippen molar-refractivity contribution in [1.29, 1.82) is 0 Å². The van der Waals surface area contributed by atoms with Crippen molar-refractivity contribution in [2.24, 2.45) is 5.92 Å². The number of nitrogens with one attached hydrogen (secondary N) is 1. The molecule has 6 heteroatoms. The number of piperidine rings is 1. The largest absolute Gasteiger partial charge is 0.375 e. The number of likely N-dealkylation sites (tertiary alicyclic amines) is 1. The first-order valence-electron chi connectivity index (χ1n) is 9.00. The number of hydrogen-bond donors (Lipinski definition) is 1. The molecule has 2 fully saturated rings. The summed E-state index contributed by atoms with van der Waals surface area (Å²) in [6.45, 7) is 13.1. The van der Waals surface area contributed by atoms with Crippen LogP contribution < -0.4 is 5.32 Å². The summed E-state index contributed by atoms with van der Waals surface area (Å²) in [5.74, 6) is 0.564. The van der Waals surface area contributed by atoms with E-state index in [2.05, 4.69) is 31.0 Å². The topological polar surface area (TPSA) is 44.8 Å². The summed E-state index contributed by atoms with van der Waals surface area (Å²) in [5, 5.41) is 3.42. The predicted octanol–water partition coefficient (Wildman–Crippen LogP) is 1.76. The van der Waals surface area contributed by atoms with Crippen LogP contribution in [-0.2, 0) is 9.53 Å². The number of likely N-dealkylation sites (N-methyl/N-ethyl adjacent to an activating group) is 1. The Hall–Kier alpha value is -0.360. The van der Waals surface area contributed by atoms with Gasteiger partial charge in [-0.2, -0.15) is 0 Å². The van der Waals surface area contributed by atoms with Crippen LogP contribution >= 0.6 is 12.4 Å². The maximum absolute atomic E-state index is 12.6. The summed E-state index contributed by atoms with van der Waals surface area (Å²) in [6, 6.07) is 0.464. The third kappa shape index (κ3) is 6.22. The molecule has 2 heterocycles. The maximum Gasteiger partial charge on any atom is 0.225 e. The molecule has 0 bridgehead atoms. The monoisotopic (exact) mass is 347 g/mol. The van der Waals surface area contributed by atoms with Crippen molar-refractivity contribution >= 4 is 18.3 Å². The molecule has 0 aromatic rings. The lowest BCUT2D eigenvalue weighted by atomic mass is 9.92. The molecular formula is C17H34ClN3O2. The molecule has 0 aromatic carbocycles. The van der Waals surface area contributed by atoms with Crippen LogP contribution in [0, 0.1) is 5.92 Å². The Labute approximate surface area is 147 Å². The van der Waals surface area contributed by atoms with Gasteiger partial charge in [0.15, 0.2) is 0 Å². The van der Waals surface area contributed by atoms with E-state index in [1.54, 1.807) is 0 Å². The second-order valence-corrected chi connectivity index (χ2v) is 6.67. The zero-order valence-corrected chi connectivity index (χ0v) is 15.7. The Balaban J connectivity index is 0.00000264. The highest BCUT2D eigenvalue weighted by atomic mass is 35.5. The van der Waals surface area contributed by atoms with Crippen LogP contribution in [0.3, 0.4) is 0 Å². The van der Waals surface area contributed by atoms with E-state index in [0.29, 0.717) is 11.9 Å². The molecule has 1 N–H and O–H groups in total. The fourth-order valence-corrected chi connectivity index (χ4v) is 3.57. The van der Waals surface area contributed by atoms with Gasteiger partial charge in [0.2, 0.25) is 5.91 Å². The third-order valence-corrected chi connectivity index (χ3v) is 5.09. The Morgan fingerprint density at radius 2 is 2.04 bits per heavy atom. The zero-order valence-electron chi connectivity index (χ0n) is 14.9. The maximum atomic E-state index is 12.6. The molecule has 2 aliphatic heterocycles. The van der Waals surface area contributed by atoms with Gasteiger partial charge in [-0.25, -0.2) is 0 Å². The molecule has 3 atom stereocenters. The molecule has 23 heavy (non-hydrogen) atoms. The molecule has 0 radical (unpaired) electrons. The van der Waals surface area contributed by atoms with Crippen LogP contribution in [-0.4, -0.2) is 73.7 Å². The first-order chi connectivity index (χ1) is 10.6. The highest BCUT2D eigenvalue weighted by Crippen LogP contribution is 2.22. The molecule has 1 amide bonds. The smallest absolute Gasteiger partial charge is 0.225 e. The Bertz CT molecular complexity index is 353. The number of halogens is 1. The van der Waals surface area contributed by atoms with Crippen LogP contribution in [0.4, 0.5) is 0 Å². The van der Waals surface area contributed by atoms with Crippen LogP contribution in [0.25, 0.3) is 0 Å². The summed E-state index contributed by atoms with van der Waals surface area (Å²) >= 11 is 0. The quantitative estimate of drug-likeness (QED) is 0.762. The highest BCUT2D eigenvalue weighted by molar-refractivity contribution is 5.85. The SMILES string of the molecule is CCN(CC)CCOC1CCN(C(=O)[C@H]2CCN[C@@H](C)C2)C1.Cl. The lowest BCUT2D eigenvalue weighted by molar-refractivity contribution is -0.136. The Kier molecular flexibility index (Phi) is 9.44. The van der Waals surface area contributed by atoms with Gasteiger partial charge in [-0.3, -0.25) is 4.79 Å². The van der Waals surface area contributed by atoms with Crippen LogP contribution in [0.2, 0.25) is 0 Å². The molecule has 0 aliphatic carbocycles. The molecule has 5 nitrogen and oxygen atoms in total. The van der Waals surface area contributed by atoms with Crippen molar-refractivity contribution in [3.05, 3.63) is 0 Å². The summed E-state index contributed by atoms with van der Waals surface area (Å²) in [4.78, 5) is 17.0. The molecule has 0 saturated carbocycles. The molecule has 136 valence electrons. The van der Waals surface area contributed by atoms with Gasteiger partial charge in [-0.05, 0) is 45.8 Å². The second kappa shape index (κ2) is 10.5. The van der Waals surface area contributed by atoms with E-state index in [1.807, 2.05) is 4.90 Å². The first kappa shape index (κ1) is 20.7. The lowest BCUT2D eigenvalue weighted by Crippen LogP contribution is -2.43. The molecule has 2 aliphatic rings. The molecule has 0 aromatic heterocycles. The van der Waals surface area contributed by atoms with Crippen LogP contribution in [0.5, 0.6) is 0 Å². The van der Waals surface area contributed by atoms with Gasteiger partial charge in [0.05, 0.1) is 12.7 Å². The minimum Gasteiger partial charge on any atom is -0.375 e. The number of amides is 1. The van der Waals surface area contributed by atoms with Crippen molar-refractivity contribution in [2.45, 2.75) is 52.2 Å². The standard InChI is InChI=1S/C17H33N3O2.ClH/c1-4-19(5-2)10-11-22-16-7-9-20(13-16)17(21)15-6-8-18-14(3)12-15;/h14-16,18H,4-13H2,1-3H3;1H/t14-,15-,16?;/m0./s1. The van der Waals surface area contributed by atoms with Crippen LogP contribution in [0.15, 0.2) is 0 Å². The highest BCUT2D eigenvalue weighted by Gasteiger charge is 2.33. The number of hydrogen-bond acceptors (Lipinski definition) is 4. The van der Waals surface area contributed by atoms with Gasteiger partial charge in [0.1, 0.15) is 0 Å². The zero-order chi connectivity index (χ0) is 15.9. The summed E-state index contributed by atoms with van der Waals surface area (Å²) in [5.41, 5.74) is 0. The number of nitrogens with zero attached hydrogens (tertiary/aromatic N) is 2. The van der Waals surface area contributed by atoms with Crippen molar-refractivity contribution in [3.8, 4) is 0 Å². The molecule has 0 spiro atoms. The van der Waals surface area contributed by atoms with Gasteiger partial charge in [0.25, 0.3) is 0 Å². The normalized spacial score (nSPS) is 28.0. The van der Waals surface area contributed by atoms with Gasteiger partial charge in [0, 0.05) is 31.6 Å². The predicted molar refractivity (Wildman–Crippen MR) is 96.2 cm³/mol. The van der Waals surface area contributed by atoms with Crippen molar-refractivity contribution < 1.29 is 9.53 Å². The minimum absolute atomic E-state index is 0. The third-order valence-electron chi connectivity index (χ3n) is 5.09. The summed E-state index contributed by atoms with van der Waals surface area (Å²) < 4.78 is 5.98. The fraction of sp³-hybridized carbons (Fsp3) is 0.941. The Morgan fingerprint density at radius 3 is 2.70 bits per heavy atom. The van der Waals surface area contributed by atoms with Crippen molar-refractivity contribution in [2.75, 3.05) is 45.9 Å². The van der Waals surface area contributed by atoms with E-state index in [-0.39, 0.29) is 24.4 Å². The summed E-state index contributed by atoms with van der Waals surface area (Å²) in [7, 11) is 0. The lowest BCUT2D eigenvalue weighted by Gasteiger charge is -2.30. The first-order valence-corrected chi connectivity index (χ1v) is 9.00. The van der Waals surface area contributed by atoms with Gasteiger partial charge < -0.3 is 19.9 Å². The number of rotatable bonds is 7. The second-order valence-electron chi connectivity index (χ2n) is 6.67. The van der Waals surface area contributed by atoms with E-state index < -0.39 is 0 Å². The summed E-state index contributed by atoms with van der Waals surface area (Å²) in [6.07, 6.45) is 3.18. The molecule has 2 rings (SSSR count). The van der Waals surface area contributed by atoms with E-state index in [0.717, 1.165) is 65.1 Å². The van der Waals surface area contributed by atoms with E-state index in [9.17, 15) is 4.79 Å². The molecule has 1 unspecified atom stereocenters. The van der Waals surface area contributed by atoms with E-state index >= 15 is 0 Å². The van der Waals surface area contributed by atoms with Gasteiger partial charge >= 0.3 is 0 Å². The average Bonchev–Trinajstić information content (AvgIpc) is 2.99.